The van der Waals surface area contributed by atoms with E-state index in [2.05, 4.69) is 0 Å². The van der Waals surface area contributed by atoms with E-state index in [1.54, 1.807) is 0 Å². The first-order valence-corrected chi connectivity index (χ1v) is 4.59. The second kappa shape index (κ2) is 3.28. The van der Waals surface area contributed by atoms with E-state index < -0.39 is 12.2 Å². The molecular formula is C11H18O2. The third-order valence-electron chi connectivity index (χ3n) is 2.48. The normalized spacial score (nSPS) is 29.7. The highest BCUT2D eigenvalue weighted by molar-refractivity contribution is 5.33. The van der Waals surface area contributed by atoms with Crippen molar-refractivity contribution >= 4 is 0 Å². The van der Waals surface area contributed by atoms with Crippen molar-refractivity contribution in [3.05, 3.63) is 23.3 Å². The number of aliphatic hydroxyl groups is 2. The molecule has 13 heavy (non-hydrogen) atoms. The zero-order chi connectivity index (χ0) is 10.2. The van der Waals surface area contributed by atoms with Gasteiger partial charge >= 0.3 is 0 Å². The van der Waals surface area contributed by atoms with Crippen molar-refractivity contribution in [3.8, 4) is 0 Å². The van der Waals surface area contributed by atoms with Crippen LogP contribution in [0.1, 0.15) is 27.7 Å². The minimum Gasteiger partial charge on any atom is -0.386 e. The van der Waals surface area contributed by atoms with E-state index in [0.717, 1.165) is 11.1 Å². The molecular weight excluding hydrogens is 164 g/mol. The predicted molar refractivity (Wildman–Crippen MR) is 53.3 cm³/mol. The fourth-order valence-electron chi connectivity index (χ4n) is 1.53. The van der Waals surface area contributed by atoms with Gasteiger partial charge in [-0.3, -0.25) is 0 Å². The van der Waals surface area contributed by atoms with Crippen LogP contribution in [0.5, 0.6) is 0 Å². The highest BCUT2D eigenvalue weighted by atomic mass is 16.3. The molecule has 0 aliphatic heterocycles. The lowest BCUT2D eigenvalue weighted by Gasteiger charge is -2.32. The van der Waals surface area contributed by atoms with Crippen molar-refractivity contribution in [3.63, 3.8) is 0 Å². The Hall–Kier alpha value is -0.600. The summed E-state index contributed by atoms with van der Waals surface area (Å²) in [5, 5.41) is 19.4. The quantitative estimate of drug-likeness (QED) is 0.598. The summed E-state index contributed by atoms with van der Waals surface area (Å²) in [6.07, 6.45) is 2.30. The van der Waals surface area contributed by atoms with E-state index in [1.807, 2.05) is 39.8 Å². The average molecular weight is 182 g/mol. The van der Waals surface area contributed by atoms with E-state index in [1.165, 1.54) is 0 Å². The van der Waals surface area contributed by atoms with Crippen molar-refractivity contribution in [2.45, 2.75) is 39.9 Å². The summed E-state index contributed by atoms with van der Waals surface area (Å²) >= 11 is 0. The van der Waals surface area contributed by atoms with Gasteiger partial charge in [-0.1, -0.05) is 32.9 Å². The largest absolute Gasteiger partial charge is 0.386 e. The molecule has 1 rings (SSSR count). The second-order valence-electron chi connectivity index (χ2n) is 4.67. The summed E-state index contributed by atoms with van der Waals surface area (Å²) < 4.78 is 0. The monoisotopic (exact) mass is 182 g/mol. The average Bonchev–Trinajstić information content (AvgIpc) is 1.98. The van der Waals surface area contributed by atoms with Crippen LogP contribution in [-0.4, -0.2) is 22.4 Å². The lowest BCUT2D eigenvalue weighted by atomic mass is 9.78. The molecule has 0 aromatic heterocycles. The van der Waals surface area contributed by atoms with Gasteiger partial charge in [0.2, 0.25) is 0 Å². The minimum absolute atomic E-state index is 0.0857. The van der Waals surface area contributed by atoms with E-state index in [9.17, 15) is 10.2 Å². The summed E-state index contributed by atoms with van der Waals surface area (Å²) in [6.45, 7) is 7.92. The van der Waals surface area contributed by atoms with Gasteiger partial charge in [0.05, 0.1) is 0 Å². The van der Waals surface area contributed by atoms with Crippen LogP contribution in [0.4, 0.5) is 0 Å². The van der Waals surface area contributed by atoms with Crippen molar-refractivity contribution in [1.29, 1.82) is 0 Å². The minimum atomic E-state index is -0.745. The van der Waals surface area contributed by atoms with Crippen LogP contribution < -0.4 is 0 Å². The zero-order valence-electron chi connectivity index (χ0n) is 8.70. The highest BCUT2D eigenvalue weighted by Gasteiger charge is 2.31. The first-order chi connectivity index (χ1) is 5.84. The molecule has 0 saturated heterocycles. The van der Waals surface area contributed by atoms with Crippen molar-refractivity contribution in [2.75, 3.05) is 0 Å². The fraction of sp³-hybridized carbons (Fsp3) is 0.636. The summed E-state index contributed by atoms with van der Waals surface area (Å²) in [5.41, 5.74) is 1.63. The van der Waals surface area contributed by atoms with E-state index in [-0.39, 0.29) is 5.41 Å². The Morgan fingerprint density at radius 1 is 1.08 bits per heavy atom. The summed E-state index contributed by atoms with van der Waals surface area (Å²) in [4.78, 5) is 0. The van der Waals surface area contributed by atoms with Crippen LogP contribution in [-0.2, 0) is 0 Å². The van der Waals surface area contributed by atoms with Crippen LogP contribution in [0.25, 0.3) is 0 Å². The molecule has 0 heterocycles. The van der Waals surface area contributed by atoms with E-state index in [0.29, 0.717) is 0 Å². The van der Waals surface area contributed by atoms with Crippen LogP contribution in [0.15, 0.2) is 23.3 Å². The molecule has 0 amide bonds. The predicted octanol–water partition coefficient (Wildman–Crippen LogP) is 1.64. The summed E-state index contributed by atoms with van der Waals surface area (Å²) in [5.74, 6) is 0. The summed E-state index contributed by atoms with van der Waals surface area (Å²) in [6, 6.07) is 0. The maximum Gasteiger partial charge on any atom is 0.106 e. The molecule has 2 nitrogen and oxygen atoms in total. The van der Waals surface area contributed by atoms with Crippen LogP contribution in [0.2, 0.25) is 0 Å². The molecule has 0 saturated carbocycles. The molecule has 1 aliphatic rings. The molecule has 0 radical (unpaired) electrons. The van der Waals surface area contributed by atoms with Gasteiger partial charge in [-0.05, 0) is 23.5 Å². The fourth-order valence-corrected chi connectivity index (χ4v) is 1.53. The molecule has 0 aromatic rings. The Morgan fingerprint density at radius 2 is 1.62 bits per heavy atom. The second-order valence-corrected chi connectivity index (χ2v) is 4.67. The molecule has 0 aromatic carbocycles. The third kappa shape index (κ3) is 2.01. The standard InChI is InChI=1S/C11H18O2/c1-7-5-6-8(11(2,3)4)10(13)9(7)12/h5-6,9-10,12-13H,1-4H3/t9-,10+/m0/s1. The van der Waals surface area contributed by atoms with E-state index >= 15 is 0 Å². The molecule has 2 heteroatoms. The maximum atomic E-state index is 9.78. The first-order valence-electron chi connectivity index (χ1n) is 4.59. The molecule has 2 N–H and O–H groups in total. The van der Waals surface area contributed by atoms with Crippen molar-refractivity contribution in [2.24, 2.45) is 5.41 Å². The lowest BCUT2D eigenvalue weighted by Crippen LogP contribution is -2.35. The molecule has 74 valence electrons. The van der Waals surface area contributed by atoms with Gasteiger partial charge in [0.25, 0.3) is 0 Å². The van der Waals surface area contributed by atoms with Crippen LogP contribution in [0, 0.1) is 5.41 Å². The molecule has 0 bridgehead atoms. The molecule has 0 spiro atoms. The Morgan fingerprint density at radius 3 is 2.08 bits per heavy atom. The van der Waals surface area contributed by atoms with Gasteiger partial charge < -0.3 is 10.2 Å². The van der Waals surface area contributed by atoms with Crippen LogP contribution in [0.3, 0.4) is 0 Å². The Balaban J connectivity index is 3.01. The smallest absolute Gasteiger partial charge is 0.106 e. The zero-order valence-corrected chi connectivity index (χ0v) is 8.70. The van der Waals surface area contributed by atoms with E-state index in [4.69, 9.17) is 0 Å². The topological polar surface area (TPSA) is 40.5 Å². The Labute approximate surface area is 79.6 Å². The highest BCUT2D eigenvalue weighted by Crippen LogP contribution is 2.33. The third-order valence-corrected chi connectivity index (χ3v) is 2.48. The molecule has 2 atom stereocenters. The molecule has 0 fully saturated rings. The molecule has 1 aliphatic carbocycles. The lowest BCUT2D eigenvalue weighted by molar-refractivity contribution is 0.0522. The van der Waals surface area contributed by atoms with Gasteiger partial charge in [-0.2, -0.15) is 0 Å². The van der Waals surface area contributed by atoms with Gasteiger partial charge in [0.15, 0.2) is 0 Å². The number of hydrogen-bond donors (Lipinski definition) is 2. The van der Waals surface area contributed by atoms with Crippen LogP contribution >= 0.6 is 0 Å². The van der Waals surface area contributed by atoms with Gasteiger partial charge in [0, 0.05) is 0 Å². The SMILES string of the molecule is CC1=CC=C(C(C)(C)C)[C@@H](O)[C@H]1O. The van der Waals surface area contributed by atoms with Crippen molar-refractivity contribution < 1.29 is 10.2 Å². The number of aliphatic hydroxyl groups excluding tert-OH is 2. The number of allylic oxidation sites excluding steroid dienone is 2. The number of hydrogen-bond acceptors (Lipinski definition) is 2. The molecule has 0 unspecified atom stereocenters. The summed E-state index contributed by atoms with van der Waals surface area (Å²) in [7, 11) is 0. The van der Waals surface area contributed by atoms with Crippen molar-refractivity contribution in [1.82, 2.24) is 0 Å². The Kier molecular flexibility index (Phi) is 2.64. The number of rotatable bonds is 0. The van der Waals surface area contributed by atoms with Gasteiger partial charge in [-0.15, -0.1) is 0 Å². The van der Waals surface area contributed by atoms with Gasteiger partial charge in [-0.25, -0.2) is 0 Å². The van der Waals surface area contributed by atoms with Gasteiger partial charge in [0.1, 0.15) is 12.2 Å². The maximum absolute atomic E-state index is 9.78. The Bertz CT molecular complexity index is 256. The first kappa shape index (κ1) is 10.5.